The molecule has 0 spiro atoms. The SMILES string of the molecule is COc1ccc(C(=O)N(CCCl)C2CC2)cc1[N+](=O)[O-]. The van der Waals surface area contributed by atoms with Crippen LogP contribution in [0.3, 0.4) is 0 Å². The van der Waals surface area contributed by atoms with Gasteiger partial charge in [0.15, 0.2) is 5.75 Å². The van der Waals surface area contributed by atoms with Gasteiger partial charge < -0.3 is 9.64 Å². The van der Waals surface area contributed by atoms with Crippen LogP contribution in [0.2, 0.25) is 0 Å². The Morgan fingerprint density at radius 3 is 2.75 bits per heavy atom. The molecule has 7 heteroatoms. The van der Waals surface area contributed by atoms with Crippen molar-refractivity contribution in [2.24, 2.45) is 0 Å². The molecule has 0 unspecified atom stereocenters. The number of ether oxygens (including phenoxy) is 1. The van der Waals surface area contributed by atoms with Gasteiger partial charge >= 0.3 is 5.69 Å². The van der Waals surface area contributed by atoms with Crippen LogP contribution in [0.25, 0.3) is 0 Å². The number of nitro groups is 1. The predicted molar refractivity (Wildman–Crippen MR) is 74.4 cm³/mol. The number of amides is 1. The average molecular weight is 299 g/mol. The number of halogens is 1. The summed E-state index contributed by atoms with van der Waals surface area (Å²) < 4.78 is 4.92. The molecule has 20 heavy (non-hydrogen) atoms. The highest BCUT2D eigenvalue weighted by Crippen LogP contribution is 2.31. The first-order valence-corrected chi connectivity index (χ1v) is 6.81. The molecule has 0 aromatic heterocycles. The second-order valence-electron chi connectivity index (χ2n) is 4.56. The van der Waals surface area contributed by atoms with Crippen molar-refractivity contribution < 1.29 is 14.5 Å². The van der Waals surface area contributed by atoms with Crippen molar-refractivity contribution in [2.45, 2.75) is 18.9 Å². The molecule has 0 N–H and O–H groups in total. The van der Waals surface area contributed by atoms with E-state index in [9.17, 15) is 14.9 Å². The van der Waals surface area contributed by atoms with Crippen molar-refractivity contribution in [1.29, 1.82) is 0 Å². The molecule has 0 atom stereocenters. The molecule has 1 aromatic rings. The lowest BCUT2D eigenvalue weighted by Crippen LogP contribution is -2.34. The zero-order chi connectivity index (χ0) is 14.7. The van der Waals surface area contributed by atoms with Gasteiger partial charge in [0.2, 0.25) is 0 Å². The Morgan fingerprint density at radius 1 is 1.55 bits per heavy atom. The largest absolute Gasteiger partial charge is 0.490 e. The third-order valence-electron chi connectivity index (χ3n) is 3.20. The van der Waals surface area contributed by atoms with Crippen molar-refractivity contribution in [3.63, 3.8) is 0 Å². The van der Waals surface area contributed by atoms with E-state index in [1.807, 2.05) is 0 Å². The number of alkyl halides is 1. The Bertz CT molecular complexity index is 531. The summed E-state index contributed by atoms with van der Waals surface area (Å²) in [5, 5.41) is 11.0. The van der Waals surface area contributed by atoms with Crippen LogP contribution >= 0.6 is 11.6 Å². The molecule has 1 aromatic carbocycles. The van der Waals surface area contributed by atoms with Crippen LogP contribution in [0.15, 0.2) is 18.2 Å². The van der Waals surface area contributed by atoms with Gasteiger partial charge in [0.05, 0.1) is 12.0 Å². The zero-order valence-electron chi connectivity index (χ0n) is 11.0. The highest BCUT2D eigenvalue weighted by atomic mass is 35.5. The summed E-state index contributed by atoms with van der Waals surface area (Å²) >= 11 is 5.71. The average Bonchev–Trinajstić information content (AvgIpc) is 3.27. The lowest BCUT2D eigenvalue weighted by Gasteiger charge is -2.21. The molecule has 0 aliphatic heterocycles. The van der Waals surface area contributed by atoms with Gasteiger partial charge in [-0.3, -0.25) is 14.9 Å². The van der Waals surface area contributed by atoms with Gasteiger partial charge in [0.1, 0.15) is 0 Å². The summed E-state index contributed by atoms with van der Waals surface area (Å²) in [6, 6.07) is 4.45. The minimum atomic E-state index is -0.557. The summed E-state index contributed by atoms with van der Waals surface area (Å²) in [7, 11) is 1.35. The summed E-state index contributed by atoms with van der Waals surface area (Å²) in [6.07, 6.45) is 1.92. The number of nitro benzene ring substituents is 1. The number of rotatable bonds is 6. The van der Waals surface area contributed by atoms with Crippen LogP contribution in [0.4, 0.5) is 5.69 Å². The highest BCUT2D eigenvalue weighted by Gasteiger charge is 2.33. The van der Waals surface area contributed by atoms with Gasteiger partial charge in [-0.2, -0.15) is 0 Å². The Hall–Kier alpha value is -1.82. The molecule has 2 rings (SSSR count). The summed E-state index contributed by atoms with van der Waals surface area (Å²) in [4.78, 5) is 24.5. The van der Waals surface area contributed by atoms with Gasteiger partial charge in [0, 0.05) is 30.1 Å². The number of hydrogen-bond acceptors (Lipinski definition) is 4. The van der Waals surface area contributed by atoms with E-state index in [4.69, 9.17) is 16.3 Å². The number of carbonyl (C=O) groups is 1. The van der Waals surface area contributed by atoms with Crippen LogP contribution < -0.4 is 4.74 Å². The lowest BCUT2D eigenvalue weighted by molar-refractivity contribution is -0.385. The van der Waals surface area contributed by atoms with E-state index in [-0.39, 0.29) is 28.9 Å². The molecule has 1 aliphatic rings. The molecule has 1 fully saturated rings. The topological polar surface area (TPSA) is 72.7 Å². The Kier molecular flexibility index (Phi) is 4.44. The van der Waals surface area contributed by atoms with Crippen LogP contribution in [-0.2, 0) is 0 Å². The molecule has 0 bridgehead atoms. The van der Waals surface area contributed by atoms with E-state index in [0.717, 1.165) is 12.8 Å². The highest BCUT2D eigenvalue weighted by molar-refractivity contribution is 6.18. The molecule has 1 aliphatic carbocycles. The van der Waals surface area contributed by atoms with Gasteiger partial charge in [-0.05, 0) is 25.0 Å². The zero-order valence-corrected chi connectivity index (χ0v) is 11.8. The van der Waals surface area contributed by atoms with Crippen molar-refractivity contribution in [3.8, 4) is 5.75 Å². The Balaban J connectivity index is 2.29. The van der Waals surface area contributed by atoms with E-state index in [1.165, 1.54) is 25.3 Å². The van der Waals surface area contributed by atoms with Gasteiger partial charge in [-0.15, -0.1) is 11.6 Å². The van der Waals surface area contributed by atoms with E-state index in [1.54, 1.807) is 4.90 Å². The Morgan fingerprint density at radius 2 is 2.25 bits per heavy atom. The minimum Gasteiger partial charge on any atom is -0.490 e. The fraction of sp³-hybridized carbons (Fsp3) is 0.462. The van der Waals surface area contributed by atoms with Gasteiger partial charge in [-0.1, -0.05) is 0 Å². The van der Waals surface area contributed by atoms with Crippen molar-refractivity contribution in [2.75, 3.05) is 19.5 Å². The normalized spacial score (nSPS) is 13.9. The second kappa shape index (κ2) is 6.09. The molecule has 0 saturated heterocycles. The fourth-order valence-electron chi connectivity index (χ4n) is 2.06. The number of benzene rings is 1. The van der Waals surface area contributed by atoms with Crippen LogP contribution in [0.1, 0.15) is 23.2 Å². The van der Waals surface area contributed by atoms with Crippen LogP contribution in [0.5, 0.6) is 5.75 Å². The Labute approximate surface area is 121 Å². The predicted octanol–water partition coefficient (Wildman–Crippen LogP) is 2.45. The summed E-state index contributed by atoms with van der Waals surface area (Å²) in [5.41, 5.74) is 0.0782. The first-order valence-electron chi connectivity index (χ1n) is 6.28. The quantitative estimate of drug-likeness (QED) is 0.459. The molecule has 6 nitrogen and oxygen atoms in total. The number of nitrogens with zero attached hydrogens (tertiary/aromatic N) is 2. The van der Waals surface area contributed by atoms with E-state index in [0.29, 0.717) is 12.4 Å². The summed E-state index contributed by atoms with van der Waals surface area (Å²) in [6.45, 7) is 0.449. The van der Waals surface area contributed by atoms with Gasteiger partial charge in [-0.25, -0.2) is 0 Å². The smallest absolute Gasteiger partial charge is 0.311 e. The third-order valence-corrected chi connectivity index (χ3v) is 3.37. The minimum absolute atomic E-state index is 0.141. The molecule has 0 radical (unpaired) electrons. The van der Waals surface area contributed by atoms with Crippen molar-refractivity contribution in [3.05, 3.63) is 33.9 Å². The first-order chi connectivity index (χ1) is 9.58. The van der Waals surface area contributed by atoms with Crippen molar-refractivity contribution >= 4 is 23.2 Å². The summed E-state index contributed by atoms with van der Waals surface area (Å²) in [5.74, 6) is 0.265. The molecule has 1 saturated carbocycles. The molecule has 1 amide bonds. The maximum absolute atomic E-state index is 12.4. The van der Waals surface area contributed by atoms with E-state index < -0.39 is 4.92 Å². The molecular weight excluding hydrogens is 284 g/mol. The van der Waals surface area contributed by atoms with E-state index in [2.05, 4.69) is 0 Å². The maximum atomic E-state index is 12.4. The lowest BCUT2D eigenvalue weighted by atomic mass is 10.1. The number of carbonyl (C=O) groups excluding carboxylic acids is 1. The van der Waals surface area contributed by atoms with Crippen molar-refractivity contribution in [1.82, 2.24) is 4.90 Å². The standard InChI is InChI=1S/C13H15ClN2O4/c1-20-12-5-2-9(8-11(12)16(18)19)13(17)15(7-6-14)10-3-4-10/h2,5,8,10H,3-4,6-7H2,1H3. The number of hydrogen-bond donors (Lipinski definition) is 0. The number of methoxy groups -OCH3 is 1. The fourth-order valence-corrected chi connectivity index (χ4v) is 2.24. The third kappa shape index (κ3) is 3.01. The second-order valence-corrected chi connectivity index (χ2v) is 4.94. The van der Waals surface area contributed by atoms with E-state index >= 15 is 0 Å². The maximum Gasteiger partial charge on any atom is 0.311 e. The molecule has 108 valence electrons. The first kappa shape index (κ1) is 14.6. The van der Waals surface area contributed by atoms with Gasteiger partial charge in [0.25, 0.3) is 5.91 Å². The van der Waals surface area contributed by atoms with Crippen LogP contribution in [0, 0.1) is 10.1 Å². The van der Waals surface area contributed by atoms with Crippen LogP contribution in [-0.4, -0.2) is 41.3 Å². The monoisotopic (exact) mass is 298 g/mol. The molecular formula is C13H15ClN2O4. The molecule has 0 heterocycles.